The second kappa shape index (κ2) is 13.2. The molecule has 3 aromatic rings. The molecule has 0 N–H and O–H groups in total. The van der Waals surface area contributed by atoms with Crippen LogP contribution in [0.4, 0.5) is 11.8 Å². The van der Waals surface area contributed by atoms with E-state index in [1.54, 1.807) is 7.11 Å². The summed E-state index contributed by atoms with van der Waals surface area (Å²) in [5.41, 5.74) is 2.30. The summed E-state index contributed by atoms with van der Waals surface area (Å²) in [5.74, 6) is 3.36. The van der Waals surface area contributed by atoms with Crippen LogP contribution in [-0.4, -0.2) is 117 Å². The fourth-order valence-corrected chi connectivity index (χ4v) is 6.18. The van der Waals surface area contributed by atoms with E-state index in [2.05, 4.69) is 74.0 Å². The number of piperazine rings is 2. The lowest BCUT2D eigenvalue weighted by Crippen LogP contribution is -2.46. The Hall–Kier alpha value is -3.14. The molecular formula is C32H45N7O2. The number of hydrogen-bond acceptors (Lipinski definition) is 9. The summed E-state index contributed by atoms with van der Waals surface area (Å²) in [6, 6.07) is 14.9. The van der Waals surface area contributed by atoms with Gasteiger partial charge in [0, 0.05) is 90.0 Å². The van der Waals surface area contributed by atoms with Crippen molar-refractivity contribution in [3.63, 3.8) is 0 Å². The molecule has 220 valence electrons. The largest absolute Gasteiger partial charge is 0.493 e. The van der Waals surface area contributed by atoms with E-state index in [4.69, 9.17) is 19.4 Å². The van der Waals surface area contributed by atoms with Crippen LogP contribution >= 0.6 is 0 Å². The Morgan fingerprint density at radius 3 is 2.22 bits per heavy atom. The molecule has 0 unspecified atom stereocenters. The van der Waals surface area contributed by atoms with E-state index in [1.807, 2.05) is 0 Å². The zero-order chi connectivity index (χ0) is 28.0. The Bertz CT molecular complexity index is 1270. The van der Waals surface area contributed by atoms with E-state index in [0.29, 0.717) is 6.61 Å². The highest BCUT2D eigenvalue weighted by Crippen LogP contribution is 2.37. The van der Waals surface area contributed by atoms with E-state index in [1.165, 1.54) is 18.4 Å². The molecule has 9 nitrogen and oxygen atoms in total. The highest BCUT2D eigenvalue weighted by atomic mass is 16.5. The fraction of sp³-hybridized carbons (Fsp3) is 0.562. The van der Waals surface area contributed by atoms with Crippen molar-refractivity contribution in [1.29, 1.82) is 0 Å². The molecule has 0 atom stereocenters. The van der Waals surface area contributed by atoms with Gasteiger partial charge in [0.2, 0.25) is 5.95 Å². The van der Waals surface area contributed by atoms with Crippen LogP contribution in [0, 0.1) is 0 Å². The minimum Gasteiger partial charge on any atom is -0.493 e. The smallest absolute Gasteiger partial charge is 0.227 e. The number of aromatic nitrogens is 2. The predicted octanol–water partition coefficient (Wildman–Crippen LogP) is 3.58. The van der Waals surface area contributed by atoms with Crippen molar-refractivity contribution in [1.82, 2.24) is 24.7 Å². The second-order valence-electron chi connectivity index (χ2n) is 11.7. The average molecular weight is 560 g/mol. The number of anilines is 2. The van der Waals surface area contributed by atoms with Crippen LogP contribution in [0.25, 0.3) is 10.9 Å². The maximum absolute atomic E-state index is 6.31. The van der Waals surface area contributed by atoms with Gasteiger partial charge < -0.3 is 29.1 Å². The molecule has 0 saturated carbocycles. The maximum atomic E-state index is 6.31. The number of benzene rings is 2. The van der Waals surface area contributed by atoms with Crippen LogP contribution < -0.4 is 19.3 Å². The summed E-state index contributed by atoms with van der Waals surface area (Å²) >= 11 is 0. The molecule has 2 aromatic carbocycles. The quantitative estimate of drug-likeness (QED) is 0.347. The predicted molar refractivity (Wildman–Crippen MR) is 166 cm³/mol. The van der Waals surface area contributed by atoms with Crippen LogP contribution in [-0.2, 0) is 6.54 Å². The van der Waals surface area contributed by atoms with E-state index in [0.717, 1.165) is 119 Å². The van der Waals surface area contributed by atoms with Crippen LogP contribution in [0.3, 0.4) is 0 Å². The maximum Gasteiger partial charge on any atom is 0.227 e. The van der Waals surface area contributed by atoms with Gasteiger partial charge in [0.1, 0.15) is 5.82 Å². The van der Waals surface area contributed by atoms with Crippen LogP contribution in [0.5, 0.6) is 11.5 Å². The number of methoxy groups -OCH3 is 1. The summed E-state index contributed by atoms with van der Waals surface area (Å²) in [7, 11) is 3.92. The standard InChI is InChI=1S/C32H45N7O2/c1-35-14-16-36(17-15-35)11-8-22-41-30-24-28-27(23-29(30)40-2)31(34-32(33-28)39-12-6-7-13-39)38-20-18-37(19-21-38)25-26-9-4-3-5-10-26/h3-5,9-10,23-24H,6-8,11-22,25H2,1-2H3. The van der Waals surface area contributed by atoms with Gasteiger partial charge in [-0.3, -0.25) is 4.90 Å². The van der Waals surface area contributed by atoms with Crippen molar-refractivity contribution in [3.05, 3.63) is 48.0 Å². The summed E-state index contributed by atoms with van der Waals surface area (Å²) in [6.45, 7) is 13.2. The summed E-state index contributed by atoms with van der Waals surface area (Å²) in [5, 5.41) is 1.03. The summed E-state index contributed by atoms with van der Waals surface area (Å²) < 4.78 is 12.1. The Morgan fingerprint density at radius 1 is 0.756 bits per heavy atom. The molecule has 0 bridgehead atoms. The van der Waals surface area contributed by atoms with Crippen molar-refractivity contribution in [2.24, 2.45) is 0 Å². The lowest BCUT2D eigenvalue weighted by molar-refractivity contribution is 0.145. The number of ether oxygens (including phenoxy) is 2. The van der Waals surface area contributed by atoms with Gasteiger partial charge in [-0.2, -0.15) is 4.98 Å². The monoisotopic (exact) mass is 559 g/mol. The minimum atomic E-state index is 0.661. The molecular weight excluding hydrogens is 514 g/mol. The molecule has 1 aromatic heterocycles. The van der Waals surface area contributed by atoms with Gasteiger partial charge in [-0.15, -0.1) is 0 Å². The molecule has 0 amide bonds. The van der Waals surface area contributed by atoms with Crippen molar-refractivity contribution in [3.8, 4) is 11.5 Å². The first-order chi connectivity index (χ1) is 20.2. The molecule has 4 heterocycles. The first-order valence-corrected chi connectivity index (χ1v) is 15.4. The Balaban J connectivity index is 1.19. The zero-order valence-corrected chi connectivity index (χ0v) is 24.8. The van der Waals surface area contributed by atoms with Gasteiger partial charge in [0.25, 0.3) is 0 Å². The van der Waals surface area contributed by atoms with Gasteiger partial charge in [-0.05, 0) is 37.9 Å². The van der Waals surface area contributed by atoms with E-state index >= 15 is 0 Å². The lowest BCUT2D eigenvalue weighted by atomic mass is 10.1. The van der Waals surface area contributed by atoms with Crippen LogP contribution in [0.2, 0.25) is 0 Å². The normalized spacial score (nSPS) is 19.3. The van der Waals surface area contributed by atoms with Gasteiger partial charge in [0.05, 0.1) is 19.2 Å². The van der Waals surface area contributed by atoms with Gasteiger partial charge in [-0.1, -0.05) is 30.3 Å². The Kier molecular flexibility index (Phi) is 9.03. The topological polar surface area (TPSA) is 60.4 Å². The highest BCUT2D eigenvalue weighted by molar-refractivity contribution is 5.93. The molecule has 41 heavy (non-hydrogen) atoms. The number of rotatable bonds is 10. The van der Waals surface area contributed by atoms with E-state index in [9.17, 15) is 0 Å². The van der Waals surface area contributed by atoms with Crippen molar-refractivity contribution >= 4 is 22.7 Å². The molecule has 9 heteroatoms. The fourth-order valence-electron chi connectivity index (χ4n) is 6.18. The molecule has 0 spiro atoms. The zero-order valence-electron chi connectivity index (χ0n) is 24.8. The van der Waals surface area contributed by atoms with Gasteiger partial charge >= 0.3 is 0 Å². The minimum absolute atomic E-state index is 0.661. The van der Waals surface area contributed by atoms with Crippen molar-refractivity contribution in [2.45, 2.75) is 25.8 Å². The van der Waals surface area contributed by atoms with Crippen molar-refractivity contribution in [2.75, 3.05) is 103 Å². The third-order valence-electron chi connectivity index (χ3n) is 8.73. The Labute approximate surface area is 244 Å². The average Bonchev–Trinajstić information content (AvgIpc) is 3.56. The molecule has 3 aliphatic rings. The third kappa shape index (κ3) is 6.85. The third-order valence-corrected chi connectivity index (χ3v) is 8.73. The van der Waals surface area contributed by atoms with Gasteiger partial charge in [-0.25, -0.2) is 4.98 Å². The molecule has 6 rings (SSSR count). The highest BCUT2D eigenvalue weighted by Gasteiger charge is 2.25. The molecule has 3 aliphatic heterocycles. The second-order valence-corrected chi connectivity index (χ2v) is 11.7. The molecule has 3 saturated heterocycles. The lowest BCUT2D eigenvalue weighted by Gasteiger charge is -2.36. The SMILES string of the molecule is COc1cc2c(N3CCN(Cc4ccccc4)CC3)nc(N3CCCC3)nc2cc1OCCCN1CCN(C)CC1. The Morgan fingerprint density at radius 2 is 1.49 bits per heavy atom. The first kappa shape index (κ1) is 28.0. The van der Waals surface area contributed by atoms with Crippen LogP contribution in [0.15, 0.2) is 42.5 Å². The number of nitrogens with zero attached hydrogens (tertiary/aromatic N) is 7. The number of fused-ring (bicyclic) bond motifs is 1. The first-order valence-electron chi connectivity index (χ1n) is 15.4. The van der Waals surface area contributed by atoms with Gasteiger partial charge in [0.15, 0.2) is 11.5 Å². The van der Waals surface area contributed by atoms with Crippen molar-refractivity contribution < 1.29 is 9.47 Å². The molecule has 3 fully saturated rings. The summed E-state index contributed by atoms with van der Waals surface area (Å²) in [4.78, 5) is 22.4. The van der Waals surface area contributed by atoms with Crippen LogP contribution in [0.1, 0.15) is 24.8 Å². The molecule has 0 aliphatic carbocycles. The van der Waals surface area contributed by atoms with E-state index < -0.39 is 0 Å². The number of likely N-dealkylation sites (N-methyl/N-ethyl adjacent to an activating group) is 1. The molecule has 0 radical (unpaired) electrons. The number of hydrogen-bond donors (Lipinski definition) is 0. The summed E-state index contributed by atoms with van der Waals surface area (Å²) in [6.07, 6.45) is 3.38. The van der Waals surface area contributed by atoms with E-state index in [-0.39, 0.29) is 0 Å².